The number of hydrogen-bond acceptors (Lipinski definition) is 2. The third kappa shape index (κ3) is 2.04. The van der Waals surface area contributed by atoms with Gasteiger partial charge in [0.2, 0.25) is 5.91 Å². The average molecular weight is 219 g/mol. The fourth-order valence-electron chi connectivity index (χ4n) is 0.787. The van der Waals surface area contributed by atoms with Crippen LogP contribution < -0.4 is 10.6 Å². The molecule has 1 atom stereocenters. The minimum Gasteiger partial charge on any atom is -0.337 e. The van der Waals surface area contributed by atoms with Gasteiger partial charge in [0, 0.05) is 6.54 Å². The molecule has 0 saturated carbocycles. The summed E-state index contributed by atoms with van der Waals surface area (Å²) in [4.78, 5) is 23.1. The van der Waals surface area contributed by atoms with Crippen molar-refractivity contribution in [3.05, 3.63) is 11.1 Å². The summed E-state index contributed by atoms with van der Waals surface area (Å²) in [5, 5.41) is 4.66. The van der Waals surface area contributed by atoms with E-state index in [1.165, 1.54) is 0 Å². The van der Waals surface area contributed by atoms with Crippen molar-refractivity contribution in [1.29, 1.82) is 0 Å². The molecule has 1 unspecified atom stereocenters. The average Bonchev–Trinajstić information content (AvgIpc) is 1.95. The first-order valence-electron chi connectivity index (χ1n) is 3.09. The van der Waals surface area contributed by atoms with Crippen molar-refractivity contribution in [2.45, 2.75) is 0 Å². The number of carbonyl (C=O) groups is 2. The van der Waals surface area contributed by atoms with E-state index in [2.05, 4.69) is 26.6 Å². The highest BCUT2D eigenvalue weighted by Crippen LogP contribution is 2.02. The number of imide groups is 1. The van der Waals surface area contributed by atoms with E-state index in [0.29, 0.717) is 6.54 Å². The highest BCUT2D eigenvalue weighted by atomic mass is 79.9. The molecule has 1 aliphatic rings. The van der Waals surface area contributed by atoms with Crippen molar-refractivity contribution < 1.29 is 9.59 Å². The van der Waals surface area contributed by atoms with Gasteiger partial charge in [0.05, 0.1) is 5.92 Å². The normalized spacial score (nSPS) is 25.0. The lowest BCUT2D eigenvalue weighted by Crippen LogP contribution is -2.51. The van der Waals surface area contributed by atoms with Gasteiger partial charge in [-0.15, -0.1) is 0 Å². The van der Waals surface area contributed by atoms with Gasteiger partial charge in [-0.1, -0.05) is 22.0 Å². The number of carbonyl (C=O) groups excluding carboxylic acids is 2. The van der Waals surface area contributed by atoms with E-state index in [1.54, 1.807) is 11.1 Å². The Bertz CT molecular complexity index is 215. The molecule has 0 aromatic carbocycles. The summed E-state index contributed by atoms with van der Waals surface area (Å²) in [6.07, 6.45) is 1.68. The fraction of sp³-hybridized carbons (Fsp3) is 0.333. The van der Waals surface area contributed by atoms with Crippen LogP contribution in [0.3, 0.4) is 0 Å². The third-order valence-corrected chi connectivity index (χ3v) is 1.67. The van der Waals surface area contributed by atoms with E-state index in [-0.39, 0.29) is 11.8 Å². The summed E-state index contributed by atoms with van der Waals surface area (Å²) >= 11 is 3.05. The molecule has 0 aromatic rings. The number of rotatable bonds is 1. The van der Waals surface area contributed by atoms with Gasteiger partial charge in [0.25, 0.3) is 0 Å². The molecule has 1 heterocycles. The highest BCUT2D eigenvalue weighted by molar-refractivity contribution is 9.11. The Morgan fingerprint density at radius 2 is 2.27 bits per heavy atom. The maximum atomic E-state index is 11.0. The standard InChI is InChI=1S/C6H7BrN2O2/c7-2-1-4-3-8-6(11)9-5(4)10/h1-2,4H,3H2,(H2,8,9,10,11). The lowest BCUT2D eigenvalue weighted by molar-refractivity contribution is -0.123. The maximum absolute atomic E-state index is 11.0. The van der Waals surface area contributed by atoms with Crippen molar-refractivity contribution in [2.24, 2.45) is 5.92 Å². The monoisotopic (exact) mass is 218 g/mol. The van der Waals surface area contributed by atoms with Gasteiger partial charge in [-0.25, -0.2) is 4.79 Å². The predicted octanol–water partition coefficient (Wildman–Crippen LogP) is 0.351. The second-order valence-electron chi connectivity index (χ2n) is 2.12. The topological polar surface area (TPSA) is 58.2 Å². The van der Waals surface area contributed by atoms with Crippen LogP contribution in [-0.2, 0) is 4.79 Å². The van der Waals surface area contributed by atoms with Crippen molar-refractivity contribution in [3.8, 4) is 0 Å². The van der Waals surface area contributed by atoms with Gasteiger partial charge in [0.15, 0.2) is 0 Å². The minimum atomic E-state index is -0.422. The summed E-state index contributed by atoms with van der Waals surface area (Å²) in [5.74, 6) is -0.517. The van der Waals surface area contributed by atoms with Crippen LogP contribution in [0, 0.1) is 5.92 Å². The summed E-state index contributed by atoms with van der Waals surface area (Å²) < 4.78 is 0. The quantitative estimate of drug-likeness (QED) is 0.668. The summed E-state index contributed by atoms with van der Waals surface area (Å²) in [6, 6.07) is -0.422. The lowest BCUT2D eigenvalue weighted by Gasteiger charge is -2.18. The molecule has 1 fully saturated rings. The van der Waals surface area contributed by atoms with Crippen LogP contribution in [0.1, 0.15) is 0 Å². The molecule has 11 heavy (non-hydrogen) atoms. The molecule has 60 valence electrons. The van der Waals surface area contributed by atoms with E-state index in [9.17, 15) is 9.59 Å². The van der Waals surface area contributed by atoms with E-state index < -0.39 is 6.03 Å². The summed E-state index contributed by atoms with van der Waals surface area (Å²) in [5.41, 5.74) is 0. The van der Waals surface area contributed by atoms with E-state index in [0.717, 1.165) is 0 Å². The number of hydrogen-bond donors (Lipinski definition) is 2. The van der Waals surface area contributed by atoms with Gasteiger partial charge in [0.1, 0.15) is 0 Å². The molecular weight excluding hydrogens is 212 g/mol. The van der Waals surface area contributed by atoms with Gasteiger partial charge in [-0.3, -0.25) is 10.1 Å². The first kappa shape index (κ1) is 8.26. The zero-order valence-corrected chi connectivity index (χ0v) is 7.22. The Morgan fingerprint density at radius 3 is 2.82 bits per heavy atom. The summed E-state index contributed by atoms with van der Waals surface area (Å²) in [7, 11) is 0. The SMILES string of the molecule is O=C1NCC(C=CBr)C(=O)N1. The molecule has 1 saturated heterocycles. The zero-order valence-electron chi connectivity index (χ0n) is 5.63. The van der Waals surface area contributed by atoms with Gasteiger partial charge >= 0.3 is 6.03 Å². The largest absolute Gasteiger partial charge is 0.337 e. The predicted molar refractivity (Wildman–Crippen MR) is 43.1 cm³/mol. The van der Waals surface area contributed by atoms with Crippen LogP contribution in [0.4, 0.5) is 4.79 Å². The smallest absolute Gasteiger partial charge is 0.321 e. The van der Waals surface area contributed by atoms with E-state index in [4.69, 9.17) is 0 Å². The maximum Gasteiger partial charge on any atom is 0.321 e. The number of urea groups is 1. The first-order chi connectivity index (χ1) is 5.24. The lowest BCUT2D eigenvalue weighted by atomic mass is 10.1. The van der Waals surface area contributed by atoms with Crippen molar-refractivity contribution in [2.75, 3.05) is 6.54 Å². The van der Waals surface area contributed by atoms with Crippen LogP contribution >= 0.6 is 15.9 Å². The number of amides is 3. The molecule has 1 aliphatic heterocycles. The molecule has 2 N–H and O–H groups in total. The van der Waals surface area contributed by atoms with Crippen LogP contribution in [0.25, 0.3) is 0 Å². The molecule has 1 rings (SSSR count). The summed E-state index contributed by atoms with van der Waals surface area (Å²) in [6.45, 7) is 0.368. The van der Waals surface area contributed by atoms with Gasteiger partial charge < -0.3 is 5.32 Å². The van der Waals surface area contributed by atoms with Gasteiger partial charge in [-0.05, 0) is 4.99 Å². The Hall–Kier alpha value is -0.840. The highest BCUT2D eigenvalue weighted by Gasteiger charge is 2.23. The van der Waals surface area contributed by atoms with E-state index in [1.807, 2.05) is 0 Å². The van der Waals surface area contributed by atoms with E-state index >= 15 is 0 Å². The minimum absolute atomic E-state index is 0.257. The molecule has 0 radical (unpaired) electrons. The zero-order chi connectivity index (χ0) is 8.27. The number of nitrogens with one attached hydrogen (secondary N) is 2. The Morgan fingerprint density at radius 1 is 1.55 bits per heavy atom. The molecule has 5 heteroatoms. The Balaban J connectivity index is 2.57. The molecule has 0 spiro atoms. The second-order valence-corrected chi connectivity index (χ2v) is 2.65. The molecule has 3 amide bonds. The van der Waals surface area contributed by atoms with Crippen molar-refractivity contribution >= 4 is 27.9 Å². The van der Waals surface area contributed by atoms with Crippen molar-refractivity contribution in [3.63, 3.8) is 0 Å². The first-order valence-corrected chi connectivity index (χ1v) is 4.01. The Kier molecular flexibility index (Phi) is 2.64. The molecule has 0 aliphatic carbocycles. The fourth-order valence-corrected chi connectivity index (χ4v) is 1.16. The molecule has 0 bridgehead atoms. The third-order valence-electron chi connectivity index (χ3n) is 1.36. The molecule has 4 nitrogen and oxygen atoms in total. The number of halogens is 1. The molecular formula is C6H7BrN2O2. The van der Waals surface area contributed by atoms with Crippen LogP contribution in [0.5, 0.6) is 0 Å². The van der Waals surface area contributed by atoms with Gasteiger partial charge in [-0.2, -0.15) is 0 Å². The van der Waals surface area contributed by atoms with Crippen molar-refractivity contribution in [1.82, 2.24) is 10.6 Å². The molecule has 0 aromatic heterocycles. The van der Waals surface area contributed by atoms with Crippen LogP contribution in [0.2, 0.25) is 0 Å². The Labute approximate surface area is 72.2 Å². The second kappa shape index (κ2) is 3.52. The van der Waals surface area contributed by atoms with Crippen LogP contribution in [0.15, 0.2) is 11.1 Å². The van der Waals surface area contributed by atoms with Crippen LogP contribution in [-0.4, -0.2) is 18.5 Å².